The van der Waals surface area contributed by atoms with E-state index in [2.05, 4.69) is 5.32 Å². The number of rotatable bonds is 5. The zero-order valence-electron chi connectivity index (χ0n) is 12.2. The maximum absolute atomic E-state index is 12.3. The molecule has 1 N–H and O–H groups in total. The lowest BCUT2D eigenvalue weighted by Crippen LogP contribution is -2.56. The largest absolute Gasteiger partial charge is 0.465 e. The van der Waals surface area contributed by atoms with E-state index in [0.717, 1.165) is 5.56 Å². The van der Waals surface area contributed by atoms with Gasteiger partial charge in [-0.25, -0.2) is 8.42 Å². The zero-order valence-corrected chi connectivity index (χ0v) is 13.0. The van der Waals surface area contributed by atoms with Crippen LogP contribution in [-0.2, 0) is 25.9 Å². The number of carbonyl (C=O) groups excluding carboxylic acids is 1. The number of nitrogens with one attached hydrogen (secondary N) is 1. The number of ether oxygens (including phenoxy) is 1. The van der Waals surface area contributed by atoms with Gasteiger partial charge in [0.2, 0.25) is 0 Å². The van der Waals surface area contributed by atoms with Gasteiger partial charge in [-0.3, -0.25) is 10.1 Å². The Morgan fingerprint density at radius 1 is 1.24 bits per heavy atom. The first-order valence-corrected chi connectivity index (χ1v) is 8.96. The molecule has 1 fully saturated rings. The Hall–Kier alpha value is -1.40. The molecular formula is C15H21NO4S. The molecule has 116 valence electrons. The molecule has 1 aromatic rings. The van der Waals surface area contributed by atoms with Gasteiger partial charge in [-0.15, -0.1) is 0 Å². The minimum Gasteiger partial charge on any atom is -0.465 e. The molecule has 21 heavy (non-hydrogen) atoms. The summed E-state index contributed by atoms with van der Waals surface area (Å²) in [5, 5.41) is 3.23. The molecule has 0 amide bonds. The number of hydrogen-bond donors (Lipinski definition) is 1. The van der Waals surface area contributed by atoms with Gasteiger partial charge in [0.15, 0.2) is 0 Å². The quantitative estimate of drug-likeness (QED) is 0.830. The van der Waals surface area contributed by atoms with E-state index in [1.807, 2.05) is 30.3 Å². The van der Waals surface area contributed by atoms with Gasteiger partial charge in [-0.1, -0.05) is 30.3 Å². The highest BCUT2D eigenvalue weighted by Crippen LogP contribution is 2.26. The Bertz CT molecular complexity index is 569. The molecule has 0 aliphatic carbocycles. The summed E-state index contributed by atoms with van der Waals surface area (Å²) in [5.74, 6) is -0.308. The number of carbonyl (C=O) groups is 1. The molecule has 0 aromatic heterocycles. The van der Waals surface area contributed by atoms with Crippen molar-refractivity contribution in [2.24, 2.45) is 0 Å². The van der Waals surface area contributed by atoms with Gasteiger partial charge in [-0.05, 0) is 25.3 Å². The van der Waals surface area contributed by atoms with Crippen LogP contribution >= 0.6 is 0 Å². The van der Waals surface area contributed by atoms with Crippen LogP contribution in [0.2, 0.25) is 0 Å². The molecule has 1 heterocycles. The predicted octanol–water partition coefficient (Wildman–Crippen LogP) is 1.29. The molecule has 0 unspecified atom stereocenters. The summed E-state index contributed by atoms with van der Waals surface area (Å²) in [6, 6.07) is 9.72. The van der Waals surface area contributed by atoms with Crippen LogP contribution in [0, 0.1) is 0 Å². The first-order chi connectivity index (χ1) is 9.97. The summed E-state index contributed by atoms with van der Waals surface area (Å²) in [4.78, 5) is 12.3. The van der Waals surface area contributed by atoms with E-state index in [-0.39, 0.29) is 30.3 Å². The number of sulfone groups is 1. The second kappa shape index (κ2) is 6.58. The fourth-order valence-corrected chi connectivity index (χ4v) is 4.00. The van der Waals surface area contributed by atoms with E-state index >= 15 is 0 Å². The van der Waals surface area contributed by atoms with Crippen LogP contribution in [0.4, 0.5) is 0 Å². The van der Waals surface area contributed by atoms with Crippen molar-refractivity contribution in [3.05, 3.63) is 35.9 Å². The molecule has 0 radical (unpaired) electrons. The Labute approximate surface area is 125 Å². The van der Waals surface area contributed by atoms with Gasteiger partial charge in [0.05, 0.1) is 18.1 Å². The van der Waals surface area contributed by atoms with Crippen LogP contribution in [0.25, 0.3) is 0 Å². The Kier molecular flexibility index (Phi) is 5.00. The molecule has 6 heteroatoms. The molecule has 1 saturated heterocycles. The van der Waals surface area contributed by atoms with E-state index in [9.17, 15) is 13.2 Å². The summed E-state index contributed by atoms with van der Waals surface area (Å²) >= 11 is 0. The molecule has 1 aliphatic rings. The van der Waals surface area contributed by atoms with Gasteiger partial charge in [0, 0.05) is 6.54 Å². The average Bonchev–Trinajstić information content (AvgIpc) is 2.48. The van der Waals surface area contributed by atoms with Crippen molar-refractivity contribution in [2.45, 2.75) is 31.8 Å². The van der Waals surface area contributed by atoms with Crippen LogP contribution < -0.4 is 5.32 Å². The van der Waals surface area contributed by atoms with Crippen LogP contribution in [0.1, 0.15) is 25.3 Å². The molecule has 5 nitrogen and oxygen atoms in total. The summed E-state index contributed by atoms with van der Waals surface area (Å²) in [7, 11) is -3.03. The second-order valence-electron chi connectivity index (χ2n) is 5.29. The lowest BCUT2D eigenvalue weighted by atomic mass is 9.92. The molecule has 1 aromatic carbocycles. The first-order valence-electron chi connectivity index (χ1n) is 7.14. The van der Waals surface area contributed by atoms with Crippen LogP contribution in [0.15, 0.2) is 30.3 Å². The summed E-state index contributed by atoms with van der Waals surface area (Å²) in [5.41, 5.74) is 0.159. The Morgan fingerprint density at radius 2 is 1.86 bits per heavy atom. The number of benzene rings is 1. The van der Waals surface area contributed by atoms with E-state index < -0.39 is 15.4 Å². The highest BCUT2D eigenvalue weighted by molar-refractivity contribution is 7.91. The van der Waals surface area contributed by atoms with Gasteiger partial charge in [0.1, 0.15) is 15.4 Å². The van der Waals surface area contributed by atoms with Crippen molar-refractivity contribution < 1.29 is 17.9 Å². The van der Waals surface area contributed by atoms with E-state index in [1.165, 1.54) is 0 Å². The summed E-state index contributed by atoms with van der Waals surface area (Å²) in [6.45, 7) is 2.56. The second-order valence-corrected chi connectivity index (χ2v) is 7.60. The van der Waals surface area contributed by atoms with Crippen molar-refractivity contribution in [3.63, 3.8) is 0 Å². The van der Waals surface area contributed by atoms with Gasteiger partial charge in [0.25, 0.3) is 0 Å². The topological polar surface area (TPSA) is 72.5 Å². The normalized spacial score (nSPS) is 19.9. The summed E-state index contributed by atoms with van der Waals surface area (Å²) < 4.78 is 28.4. The number of esters is 1. The predicted molar refractivity (Wildman–Crippen MR) is 80.5 cm³/mol. The fraction of sp³-hybridized carbons (Fsp3) is 0.533. The first kappa shape index (κ1) is 16.0. The third kappa shape index (κ3) is 4.04. The van der Waals surface area contributed by atoms with Crippen molar-refractivity contribution in [3.8, 4) is 0 Å². The Morgan fingerprint density at radius 3 is 2.43 bits per heavy atom. The standard InChI is InChI=1S/C15H21NO4S/c1-2-20-14(17)15(8-10-21(18,19)11-9-15)16-12-13-6-4-3-5-7-13/h3-7,16H,2,8-12H2,1H3. The molecule has 0 saturated carbocycles. The highest BCUT2D eigenvalue weighted by Gasteiger charge is 2.44. The van der Waals surface area contributed by atoms with Crippen molar-refractivity contribution in [1.82, 2.24) is 5.32 Å². The molecule has 0 spiro atoms. The average molecular weight is 311 g/mol. The minimum atomic E-state index is -3.03. The molecular weight excluding hydrogens is 290 g/mol. The molecule has 1 aliphatic heterocycles. The third-order valence-corrected chi connectivity index (χ3v) is 5.47. The summed E-state index contributed by atoms with van der Waals surface area (Å²) in [6.07, 6.45) is 0.530. The van der Waals surface area contributed by atoms with Crippen molar-refractivity contribution in [1.29, 1.82) is 0 Å². The SMILES string of the molecule is CCOC(=O)C1(NCc2ccccc2)CCS(=O)(=O)CC1. The number of hydrogen-bond acceptors (Lipinski definition) is 5. The smallest absolute Gasteiger partial charge is 0.326 e. The molecule has 2 rings (SSSR count). The minimum absolute atomic E-state index is 0.0214. The van der Waals surface area contributed by atoms with Crippen molar-refractivity contribution >= 4 is 15.8 Å². The zero-order chi connectivity index (χ0) is 15.3. The highest BCUT2D eigenvalue weighted by atomic mass is 32.2. The van der Waals surface area contributed by atoms with Gasteiger partial charge >= 0.3 is 5.97 Å². The third-order valence-electron chi connectivity index (χ3n) is 3.82. The van der Waals surface area contributed by atoms with Gasteiger partial charge in [-0.2, -0.15) is 0 Å². The Balaban J connectivity index is 2.11. The van der Waals surface area contributed by atoms with E-state index in [4.69, 9.17) is 4.74 Å². The molecule has 0 atom stereocenters. The van der Waals surface area contributed by atoms with Crippen molar-refractivity contribution in [2.75, 3.05) is 18.1 Å². The van der Waals surface area contributed by atoms with E-state index in [0.29, 0.717) is 13.2 Å². The van der Waals surface area contributed by atoms with E-state index in [1.54, 1.807) is 6.92 Å². The van der Waals surface area contributed by atoms with Crippen LogP contribution in [-0.4, -0.2) is 38.0 Å². The maximum Gasteiger partial charge on any atom is 0.326 e. The van der Waals surface area contributed by atoms with Gasteiger partial charge < -0.3 is 4.74 Å². The van der Waals surface area contributed by atoms with Crippen LogP contribution in [0.5, 0.6) is 0 Å². The lowest BCUT2D eigenvalue weighted by Gasteiger charge is -2.35. The van der Waals surface area contributed by atoms with Crippen LogP contribution in [0.3, 0.4) is 0 Å². The monoisotopic (exact) mass is 311 g/mol. The molecule has 0 bridgehead atoms. The fourth-order valence-electron chi connectivity index (χ4n) is 2.48. The lowest BCUT2D eigenvalue weighted by molar-refractivity contribution is -0.151. The maximum atomic E-state index is 12.3.